The van der Waals surface area contributed by atoms with Gasteiger partial charge in [0.2, 0.25) is 0 Å². The van der Waals surface area contributed by atoms with E-state index < -0.39 is 40.7 Å². The number of carbonyl (C=O) groups excluding carboxylic acids is 3. The van der Waals surface area contributed by atoms with E-state index >= 15 is 0 Å². The summed E-state index contributed by atoms with van der Waals surface area (Å²) in [6.45, 7) is 5.11. The van der Waals surface area contributed by atoms with Crippen molar-refractivity contribution in [2.75, 3.05) is 0 Å². The largest absolute Gasteiger partial charge is 0.510 e. The summed E-state index contributed by atoms with van der Waals surface area (Å²) in [5, 5.41) is 0. The summed E-state index contributed by atoms with van der Waals surface area (Å²) in [7, 11) is 0. The fourth-order valence-corrected chi connectivity index (χ4v) is 1.94. The highest BCUT2D eigenvalue weighted by molar-refractivity contribution is 6.13. The first kappa shape index (κ1) is 19.7. The summed E-state index contributed by atoms with van der Waals surface area (Å²) in [5.74, 6) is -3.79. The monoisotopic (exact) mass is 346 g/mol. The van der Waals surface area contributed by atoms with Crippen LogP contribution in [0.3, 0.4) is 0 Å². The first-order valence-electron chi connectivity index (χ1n) is 6.91. The van der Waals surface area contributed by atoms with Gasteiger partial charge in [-0.05, 0) is 27.7 Å². The summed E-state index contributed by atoms with van der Waals surface area (Å²) in [6, 6.07) is 6.29. The van der Waals surface area contributed by atoms with Gasteiger partial charge in [0.05, 0.1) is 0 Å². The average molecular weight is 346 g/mol. The Balaban J connectivity index is 3.47. The van der Waals surface area contributed by atoms with Crippen LogP contribution in [0.2, 0.25) is 0 Å². The fourth-order valence-electron chi connectivity index (χ4n) is 1.94. The summed E-state index contributed by atoms with van der Waals surface area (Å²) in [4.78, 5) is 35.8. The fraction of sp³-hybridized carbons (Fsp3) is 0.438. The maximum Gasteiger partial charge on any atom is 0.510 e. The zero-order valence-electron chi connectivity index (χ0n) is 13.6. The molecule has 5 nitrogen and oxygen atoms in total. The zero-order valence-corrected chi connectivity index (χ0v) is 13.6. The normalized spacial score (nSPS) is 14.5. The third kappa shape index (κ3) is 4.33. The molecule has 0 saturated carbocycles. The van der Waals surface area contributed by atoms with Gasteiger partial charge in [-0.1, -0.05) is 30.3 Å². The molecule has 0 bridgehead atoms. The molecule has 8 heteroatoms. The van der Waals surface area contributed by atoms with Gasteiger partial charge in [0.1, 0.15) is 5.60 Å². The van der Waals surface area contributed by atoms with Crippen molar-refractivity contribution in [3.05, 3.63) is 35.9 Å². The van der Waals surface area contributed by atoms with Gasteiger partial charge in [-0.2, -0.15) is 13.2 Å². The van der Waals surface area contributed by atoms with Crippen LogP contribution in [-0.4, -0.2) is 29.5 Å². The molecule has 0 fully saturated rings. The lowest BCUT2D eigenvalue weighted by molar-refractivity contribution is -0.195. The molecule has 0 saturated heterocycles. The molecular weight excluding hydrogens is 329 g/mol. The minimum atomic E-state index is -5.40. The Morgan fingerprint density at radius 2 is 1.42 bits per heavy atom. The number of alkyl halides is 3. The van der Waals surface area contributed by atoms with Crippen LogP contribution in [0.25, 0.3) is 0 Å². The third-order valence-electron chi connectivity index (χ3n) is 2.88. The molecule has 1 atom stereocenters. The highest BCUT2D eigenvalue weighted by atomic mass is 19.4. The van der Waals surface area contributed by atoms with Gasteiger partial charge >= 0.3 is 12.3 Å². The second-order valence-electron chi connectivity index (χ2n) is 6.00. The number of benzene rings is 1. The minimum absolute atomic E-state index is 0.411. The van der Waals surface area contributed by atoms with E-state index in [1.54, 1.807) is 0 Å². The number of ether oxygens (including phenoxy) is 2. The van der Waals surface area contributed by atoms with E-state index in [-0.39, 0.29) is 0 Å². The van der Waals surface area contributed by atoms with E-state index in [4.69, 9.17) is 4.74 Å². The van der Waals surface area contributed by atoms with Crippen molar-refractivity contribution < 1.29 is 37.0 Å². The van der Waals surface area contributed by atoms with Gasteiger partial charge in [-0.25, -0.2) is 4.79 Å². The van der Waals surface area contributed by atoms with Crippen molar-refractivity contribution in [1.82, 2.24) is 0 Å². The summed E-state index contributed by atoms with van der Waals surface area (Å²) < 4.78 is 48.6. The molecule has 0 aliphatic heterocycles. The molecule has 1 rings (SSSR count). The number of hydrogen-bond acceptors (Lipinski definition) is 5. The molecule has 1 aromatic carbocycles. The predicted octanol–water partition coefficient (Wildman–Crippen LogP) is 3.55. The van der Waals surface area contributed by atoms with Crippen molar-refractivity contribution in [3.63, 3.8) is 0 Å². The Morgan fingerprint density at radius 3 is 1.79 bits per heavy atom. The maximum atomic E-state index is 13.0. The molecular formula is C16H17F3O5. The topological polar surface area (TPSA) is 69.7 Å². The van der Waals surface area contributed by atoms with Crippen LogP contribution in [0.5, 0.6) is 0 Å². The number of hydrogen-bond donors (Lipinski definition) is 0. The Hall–Kier alpha value is -2.38. The van der Waals surface area contributed by atoms with Crippen LogP contribution >= 0.6 is 0 Å². The van der Waals surface area contributed by atoms with Gasteiger partial charge in [0, 0.05) is 5.56 Å². The molecule has 0 aliphatic carbocycles. The lowest BCUT2D eigenvalue weighted by Gasteiger charge is -2.31. The molecule has 0 aromatic heterocycles. The molecule has 0 aliphatic rings. The number of carbonyl (C=O) groups is 3. The SMILES string of the molecule is CC(=O)C(OC(=O)OC(C)(C)C)(C(=O)C(F)(F)F)c1ccccc1. The van der Waals surface area contributed by atoms with Crippen molar-refractivity contribution in [2.24, 2.45) is 0 Å². The molecule has 0 radical (unpaired) electrons. The van der Waals surface area contributed by atoms with Crippen LogP contribution in [0.4, 0.5) is 18.0 Å². The Bertz CT molecular complexity index is 631. The van der Waals surface area contributed by atoms with Crippen molar-refractivity contribution in [2.45, 2.75) is 45.1 Å². The maximum absolute atomic E-state index is 13.0. The zero-order chi connectivity index (χ0) is 18.8. The van der Waals surface area contributed by atoms with Crippen molar-refractivity contribution in [3.8, 4) is 0 Å². The highest BCUT2D eigenvalue weighted by Crippen LogP contribution is 2.36. The number of ketones is 2. The molecule has 0 N–H and O–H groups in total. The van der Waals surface area contributed by atoms with Crippen molar-refractivity contribution in [1.29, 1.82) is 0 Å². The Morgan fingerprint density at radius 1 is 0.917 bits per heavy atom. The van der Waals surface area contributed by atoms with Crippen LogP contribution < -0.4 is 0 Å². The van der Waals surface area contributed by atoms with Gasteiger partial charge in [0.15, 0.2) is 5.78 Å². The van der Waals surface area contributed by atoms with E-state index in [1.165, 1.54) is 39.0 Å². The Kier molecular flexibility index (Phi) is 5.43. The van der Waals surface area contributed by atoms with Gasteiger partial charge < -0.3 is 9.47 Å². The van der Waals surface area contributed by atoms with Crippen LogP contribution in [-0.2, 0) is 24.7 Å². The van der Waals surface area contributed by atoms with E-state index in [2.05, 4.69) is 4.74 Å². The quantitative estimate of drug-likeness (QED) is 0.616. The Labute approximate surface area is 136 Å². The average Bonchev–Trinajstić information content (AvgIpc) is 2.41. The second kappa shape index (κ2) is 6.62. The lowest BCUT2D eigenvalue weighted by atomic mass is 9.85. The van der Waals surface area contributed by atoms with Crippen LogP contribution in [0.1, 0.15) is 33.3 Å². The number of Topliss-reactive ketones (excluding diaryl/α,β-unsaturated/α-hetero) is 2. The molecule has 24 heavy (non-hydrogen) atoms. The summed E-state index contributed by atoms with van der Waals surface area (Å²) in [5.41, 5.74) is -4.65. The van der Waals surface area contributed by atoms with Crippen LogP contribution in [0, 0.1) is 0 Å². The first-order chi connectivity index (χ1) is 10.8. The van der Waals surface area contributed by atoms with Gasteiger partial charge in [-0.3, -0.25) is 9.59 Å². The molecule has 132 valence electrons. The van der Waals surface area contributed by atoms with Gasteiger partial charge in [-0.15, -0.1) is 0 Å². The standard InChI is InChI=1S/C16H17F3O5/c1-10(20)15(12(21)16(17,18)19,11-8-6-5-7-9-11)24-13(22)23-14(2,3)4/h5-9H,1-4H3. The summed E-state index contributed by atoms with van der Waals surface area (Å²) in [6.07, 6.45) is -6.96. The van der Waals surface area contributed by atoms with E-state index in [9.17, 15) is 27.6 Å². The highest BCUT2D eigenvalue weighted by Gasteiger charge is 2.60. The molecule has 0 heterocycles. The minimum Gasteiger partial charge on any atom is -0.429 e. The van der Waals surface area contributed by atoms with E-state index in [0.717, 1.165) is 19.1 Å². The molecule has 0 spiro atoms. The van der Waals surface area contributed by atoms with Gasteiger partial charge in [0.25, 0.3) is 11.4 Å². The number of rotatable bonds is 4. The van der Waals surface area contributed by atoms with E-state index in [0.29, 0.717) is 0 Å². The van der Waals surface area contributed by atoms with Crippen molar-refractivity contribution >= 4 is 17.7 Å². The third-order valence-corrected chi connectivity index (χ3v) is 2.88. The molecule has 1 aromatic rings. The molecule has 0 amide bonds. The summed E-state index contributed by atoms with van der Waals surface area (Å²) >= 11 is 0. The lowest BCUT2D eigenvalue weighted by Crippen LogP contribution is -2.52. The predicted molar refractivity (Wildman–Crippen MR) is 77.2 cm³/mol. The number of halogens is 3. The second-order valence-corrected chi connectivity index (χ2v) is 6.00. The smallest absolute Gasteiger partial charge is 0.429 e. The molecule has 1 unspecified atom stereocenters. The van der Waals surface area contributed by atoms with E-state index in [1.807, 2.05) is 0 Å². The first-order valence-corrected chi connectivity index (χ1v) is 6.91. The van der Waals surface area contributed by atoms with Crippen LogP contribution in [0.15, 0.2) is 30.3 Å².